The number of aryl methyl sites for hydroxylation is 1. The highest BCUT2D eigenvalue weighted by Crippen LogP contribution is 2.29. The largest absolute Gasteiger partial charge is 0.493 e. The maximum atomic E-state index is 10.3. The van der Waals surface area contributed by atoms with Gasteiger partial charge in [-0.15, -0.1) is 0 Å². The average Bonchev–Trinajstić information content (AvgIpc) is 2.66. The summed E-state index contributed by atoms with van der Waals surface area (Å²) in [6, 6.07) is 13.3. The highest BCUT2D eigenvalue weighted by molar-refractivity contribution is 5.93. The first-order valence-corrected chi connectivity index (χ1v) is 8.59. The second-order valence-electron chi connectivity index (χ2n) is 5.84. The molecule has 2 rings (SSSR count). The Balaban J connectivity index is 2.09. The normalized spacial score (nSPS) is 12.4. The smallest absolute Gasteiger partial charge is 0.195 e. The van der Waals surface area contributed by atoms with Crippen LogP contribution in [0, 0.1) is 6.92 Å². The van der Waals surface area contributed by atoms with Crippen molar-refractivity contribution >= 4 is 11.6 Å². The molecule has 0 saturated heterocycles. The number of nitrogens with zero attached hydrogens (tertiary/aromatic N) is 1. The standard InChI is InChI=1S/C20H27N3O3/c1-5-21-20(22-13-17(24)15-8-6-14(2)7-9-15)23-16-10-11-18(25-3)19(12-16)26-4/h6-12,17,24H,5,13H2,1-4H3,(H2,21,22,23). The third-order valence-electron chi connectivity index (χ3n) is 3.87. The molecule has 2 aromatic carbocycles. The van der Waals surface area contributed by atoms with Crippen molar-refractivity contribution in [3.63, 3.8) is 0 Å². The number of methoxy groups -OCH3 is 2. The van der Waals surface area contributed by atoms with E-state index in [1.165, 1.54) is 0 Å². The second-order valence-corrected chi connectivity index (χ2v) is 5.84. The summed E-state index contributed by atoms with van der Waals surface area (Å²) in [6.07, 6.45) is -0.656. The number of anilines is 1. The molecule has 1 unspecified atom stereocenters. The maximum absolute atomic E-state index is 10.3. The van der Waals surface area contributed by atoms with E-state index in [0.29, 0.717) is 24.0 Å². The monoisotopic (exact) mass is 357 g/mol. The van der Waals surface area contributed by atoms with E-state index in [2.05, 4.69) is 15.6 Å². The number of guanidine groups is 1. The average molecular weight is 357 g/mol. The summed E-state index contributed by atoms with van der Waals surface area (Å²) in [5, 5.41) is 16.7. The van der Waals surface area contributed by atoms with Crippen molar-refractivity contribution in [1.82, 2.24) is 5.32 Å². The minimum Gasteiger partial charge on any atom is -0.493 e. The van der Waals surface area contributed by atoms with Crippen LogP contribution < -0.4 is 20.1 Å². The van der Waals surface area contributed by atoms with Gasteiger partial charge in [-0.25, -0.2) is 4.99 Å². The van der Waals surface area contributed by atoms with Crippen LogP contribution in [0.5, 0.6) is 11.5 Å². The molecule has 6 heteroatoms. The Bertz CT molecular complexity index is 730. The van der Waals surface area contributed by atoms with Gasteiger partial charge < -0.3 is 25.2 Å². The predicted octanol–water partition coefficient (Wildman–Crippen LogP) is 3.12. The second kappa shape index (κ2) is 9.68. The molecule has 0 aliphatic heterocycles. The van der Waals surface area contributed by atoms with Gasteiger partial charge in [0, 0.05) is 18.3 Å². The molecule has 0 saturated carbocycles. The third-order valence-corrected chi connectivity index (χ3v) is 3.87. The molecular formula is C20H27N3O3. The summed E-state index contributed by atoms with van der Waals surface area (Å²) in [7, 11) is 3.20. The molecule has 0 amide bonds. The molecule has 0 fully saturated rings. The van der Waals surface area contributed by atoms with Crippen molar-refractivity contribution in [2.45, 2.75) is 20.0 Å². The molecule has 0 aliphatic carbocycles. The van der Waals surface area contributed by atoms with Crippen LogP contribution in [0.3, 0.4) is 0 Å². The van der Waals surface area contributed by atoms with E-state index >= 15 is 0 Å². The number of rotatable bonds is 7. The lowest BCUT2D eigenvalue weighted by molar-refractivity contribution is 0.187. The van der Waals surface area contributed by atoms with Crippen molar-refractivity contribution in [1.29, 1.82) is 0 Å². The highest BCUT2D eigenvalue weighted by Gasteiger charge is 2.09. The van der Waals surface area contributed by atoms with Crippen LogP contribution >= 0.6 is 0 Å². The molecule has 1 atom stereocenters. The van der Waals surface area contributed by atoms with Gasteiger partial charge in [-0.2, -0.15) is 0 Å². The quantitative estimate of drug-likeness (QED) is 0.524. The number of nitrogens with one attached hydrogen (secondary N) is 2. The van der Waals surface area contributed by atoms with Gasteiger partial charge in [0.15, 0.2) is 17.5 Å². The molecule has 3 N–H and O–H groups in total. The minimum absolute atomic E-state index is 0.256. The van der Waals surface area contributed by atoms with Gasteiger partial charge in [0.05, 0.1) is 26.9 Å². The van der Waals surface area contributed by atoms with Gasteiger partial charge in [0.25, 0.3) is 0 Å². The minimum atomic E-state index is -0.656. The fourth-order valence-corrected chi connectivity index (χ4v) is 2.43. The van der Waals surface area contributed by atoms with E-state index in [9.17, 15) is 5.11 Å². The van der Waals surface area contributed by atoms with E-state index in [1.54, 1.807) is 14.2 Å². The topological polar surface area (TPSA) is 75.1 Å². The van der Waals surface area contributed by atoms with Crippen LogP contribution in [0.15, 0.2) is 47.5 Å². The first kappa shape index (κ1) is 19.6. The number of aliphatic hydroxyl groups excluding tert-OH is 1. The van der Waals surface area contributed by atoms with Crippen molar-refractivity contribution in [3.8, 4) is 11.5 Å². The summed E-state index contributed by atoms with van der Waals surface area (Å²) >= 11 is 0. The SMILES string of the molecule is CCNC(=NCC(O)c1ccc(C)cc1)Nc1ccc(OC)c(OC)c1. The number of aliphatic hydroxyl groups is 1. The van der Waals surface area contributed by atoms with E-state index in [0.717, 1.165) is 16.8 Å². The molecule has 0 heterocycles. The van der Waals surface area contributed by atoms with E-state index in [4.69, 9.17) is 9.47 Å². The predicted molar refractivity (Wildman–Crippen MR) is 105 cm³/mol. The number of benzene rings is 2. The Labute approximate surface area is 154 Å². The summed E-state index contributed by atoms with van der Waals surface area (Å²) < 4.78 is 10.6. The van der Waals surface area contributed by atoms with Gasteiger partial charge in [-0.1, -0.05) is 29.8 Å². The van der Waals surface area contributed by atoms with Crippen molar-refractivity contribution < 1.29 is 14.6 Å². The fraction of sp³-hybridized carbons (Fsp3) is 0.350. The highest BCUT2D eigenvalue weighted by atomic mass is 16.5. The lowest BCUT2D eigenvalue weighted by Crippen LogP contribution is -2.31. The number of ether oxygens (including phenoxy) is 2. The van der Waals surface area contributed by atoms with E-state index in [1.807, 2.05) is 56.3 Å². The van der Waals surface area contributed by atoms with Gasteiger partial charge in [-0.3, -0.25) is 0 Å². The summed E-state index contributed by atoms with van der Waals surface area (Å²) in [5.41, 5.74) is 2.82. The van der Waals surface area contributed by atoms with Crippen LogP contribution in [0.25, 0.3) is 0 Å². The van der Waals surface area contributed by atoms with Crippen LogP contribution in [0.2, 0.25) is 0 Å². The van der Waals surface area contributed by atoms with Gasteiger partial charge in [-0.05, 0) is 31.5 Å². The fourth-order valence-electron chi connectivity index (χ4n) is 2.43. The van der Waals surface area contributed by atoms with Crippen molar-refractivity contribution in [2.75, 3.05) is 32.6 Å². The Hall–Kier alpha value is -2.73. The zero-order valence-corrected chi connectivity index (χ0v) is 15.7. The van der Waals surface area contributed by atoms with Crippen LogP contribution in [-0.4, -0.2) is 38.4 Å². The molecule has 2 aromatic rings. The number of aliphatic imine (C=N–C) groups is 1. The summed E-state index contributed by atoms with van der Waals surface area (Å²) in [6.45, 7) is 4.97. The zero-order valence-electron chi connectivity index (χ0n) is 15.7. The Morgan fingerprint density at radius 2 is 1.77 bits per heavy atom. The lowest BCUT2D eigenvalue weighted by Gasteiger charge is -2.15. The molecule has 0 radical (unpaired) electrons. The first-order chi connectivity index (χ1) is 12.6. The molecule has 140 valence electrons. The molecule has 0 bridgehead atoms. The van der Waals surface area contributed by atoms with Crippen LogP contribution in [0.4, 0.5) is 5.69 Å². The van der Waals surface area contributed by atoms with Crippen molar-refractivity contribution in [3.05, 3.63) is 53.6 Å². The Kier molecular flexibility index (Phi) is 7.29. The lowest BCUT2D eigenvalue weighted by atomic mass is 10.1. The molecule has 6 nitrogen and oxygen atoms in total. The Morgan fingerprint density at radius 3 is 2.38 bits per heavy atom. The van der Waals surface area contributed by atoms with E-state index in [-0.39, 0.29) is 6.54 Å². The molecule has 0 spiro atoms. The molecular weight excluding hydrogens is 330 g/mol. The van der Waals surface area contributed by atoms with Crippen molar-refractivity contribution in [2.24, 2.45) is 4.99 Å². The van der Waals surface area contributed by atoms with E-state index < -0.39 is 6.10 Å². The Morgan fingerprint density at radius 1 is 1.08 bits per heavy atom. The first-order valence-electron chi connectivity index (χ1n) is 8.59. The van der Waals surface area contributed by atoms with Gasteiger partial charge >= 0.3 is 0 Å². The number of hydrogen-bond donors (Lipinski definition) is 3. The third kappa shape index (κ3) is 5.39. The van der Waals surface area contributed by atoms with Crippen LogP contribution in [-0.2, 0) is 0 Å². The van der Waals surface area contributed by atoms with Crippen LogP contribution in [0.1, 0.15) is 24.2 Å². The molecule has 26 heavy (non-hydrogen) atoms. The molecule has 0 aromatic heterocycles. The maximum Gasteiger partial charge on any atom is 0.195 e. The van der Waals surface area contributed by atoms with Gasteiger partial charge in [0.1, 0.15) is 0 Å². The number of hydrogen-bond acceptors (Lipinski definition) is 4. The summed E-state index contributed by atoms with van der Waals surface area (Å²) in [4.78, 5) is 4.48. The molecule has 0 aliphatic rings. The van der Waals surface area contributed by atoms with Gasteiger partial charge in [0.2, 0.25) is 0 Å². The zero-order chi connectivity index (χ0) is 18.9. The summed E-state index contributed by atoms with van der Waals surface area (Å²) in [5.74, 6) is 1.88.